The molecule has 0 aromatic heterocycles. The Morgan fingerprint density at radius 3 is 2.35 bits per heavy atom. The normalized spacial score (nSPS) is 20.1. The highest BCUT2D eigenvalue weighted by Gasteiger charge is 2.37. The topological polar surface area (TPSA) is 52.7 Å². The van der Waals surface area contributed by atoms with Gasteiger partial charge in [-0.2, -0.15) is 0 Å². The second-order valence-corrected chi connectivity index (χ2v) is 7.47. The van der Waals surface area contributed by atoms with Crippen molar-refractivity contribution in [2.24, 2.45) is 5.92 Å². The van der Waals surface area contributed by atoms with E-state index in [1.165, 1.54) is 12.8 Å². The second kappa shape index (κ2) is 9.17. The first-order valence-corrected chi connectivity index (χ1v) is 10.1. The van der Waals surface area contributed by atoms with E-state index in [1.54, 1.807) is 0 Å². The third-order valence-corrected chi connectivity index (χ3v) is 5.68. The minimum atomic E-state index is -0.0296. The van der Waals surface area contributed by atoms with Gasteiger partial charge in [-0.3, -0.25) is 14.5 Å². The van der Waals surface area contributed by atoms with Gasteiger partial charge in [0, 0.05) is 38.3 Å². The molecule has 1 aliphatic heterocycles. The zero-order valence-electron chi connectivity index (χ0n) is 15.8. The summed E-state index contributed by atoms with van der Waals surface area (Å²) in [5.41, 5.74) is 0.744. The Morgan fingerprint density at radius 2 is 1.73 bits per heavy atom. The summed E-state index contributed by atoms with van der Waals surface area (Å²) in [6.45, 7) is 5.77. The van der Waals surface area contributed by atoms with Crippen LogP contribution in [0.15, 0.2) is 30.3 Å². The molecule has 1 N–H and O–H groups in total. The van der Waals surface area contributed by atoms with Gasteiger partial charge in [0.2, 0.25) is 5.91 Å². The molecular weight excluding hydrogens is 326 g/mol. The van der Waals surface area contributed by atoms with Crippen LogP contribution < -0.4 is 5.32 Å². The van der Waals surface area contributed by atoms with Crippen molar-refractivity contribution < 1.29 is 9.59 Å². The Kier molecular flexibility index (Phi) is 6.67. The number of hydrogen-bond donors (Lipinski definition) is 1. The SMILES string of the molecule is CCCNC(=O)[C@@H](C1CCCC1)N1CCN(C(=O)c2ccccc2)CC1. The van der Waals surface area contributed by atoms with E-state index < -0.39 is 0 Å². The van der Waals surface area contributed by atoms with Crippen molar-refractivity contribution in [1.82, 2.24) is 15.1 Å². The molecule has 1 atom stereocenters. The van der Waals surface area contributed by atoms with Gasteiger partial charge >= 0.3 is 0 Å². The van der Waals surface area contributed by atoms with E-state index >= 15 is 0 Å². The molecule has 2 fully saturated rings. The van der Waals surface area contributed by atoms with Crippen LogP contribution in [0.1, 0.15) is 49.4 Å². The number of benzene rings is 1. The summed E-state index contributed by atoms with van der Waals surface area (Å²) in [6, 6.07) is 9.44. The molecule has 3 rings (SSSR count). The fourth-order valence-corrected chi connectivity index (χ4v) is 4.27. The quantitative estimate of drug-likeness (QED) is 0.851. The molecule has 1 heterocycles. The molecular formula is C21H31N3O2. The molecule has 0 spiro atoms. The van der Waals surface area contributed by atoms with Crippen LogP contribution in [-0.4, -0.2) is 60.4 Å². The van der Waals surface area contributed by atoms with Crippen molar-refractivity contribution >= 4 is 11.8 Å². The summed E-state index contributed by atoms with van der Waals surface area (Å²) < 4.78 is 0. The fourth-order valence-electron chi connectivity index (χ4n) is 4.27. The molecule has 0 unspecified atom stereocenters. The summed E-state index contributed by atoms with van der Waals surface area (Å²) in [7, 11) is 0. The van der Waals surface area contributed by atoms with E-state index in [1.807, 2.05) is 35.2 Å². The average molecular weight is 357 g/mol. The molecule has 142 valence electrons. The van der Waals surface area contributed by atoms with E-state index in [0.717, 1.165) is 44.5 Å². The number of piperazine rings is 1. The lowest BCUT2D eigenvalue weighted by molar-refractivity contribution is -0.129. The molecule has 1 saturated carbocycles. The second-order valence-electron chi connectivity index (χ2n) is 7.47. The van der Waals surface area contributed by atoms with Crippen LogP contribution in [0, 0.1) is 5.92 Å². The summed E-state index contributed by atoms with van der Waals surface area (Å²) in [5.74, 6) is 0.739. The minimum Gasteiger partial charge on any atom is -0.355 e. The molecule has 0 radical (unpaired) electrons. The number of carbonyl (C=O) groups excluding carboxylic acids is 2. The highest BCUT2D eigenvalue weighted by Crippen LogP contribution is 2.31. The fraction of sp³-hybridized carbons (Fsp3) is 0.619. The van der Waals surface area contributed by atoms with Crippen LogP contribution >= 0.6 is 0 Å². The van der Waals surface area contributed by atoms with Crippen LogP contribution in [0.2, 0.25) is 0 Å². The predicted octanol–water partition coefficient (Wildman–Crippen LogP) is 2.53. The summed E-state index contributed by atoms with van der Waals surface area (Å²) in [6.07, 6.45) is 5.71. The number of nitrogens with one attached hydrogen (secondary N) is 1. The molecule has 1 aromatic carbocycles. The van der Waals surface area contributed by atoms with Crippen LogP contribution in [0.5, 0.6) is 0 Å². The molecule has 5 heteroatoms. The first-order valence-electron chi connectivity index (χ1n) is 10.1. The highest BCUT2D eigenvalue weighted by atomic mass is 16.2. The Balaban J connectivity index is 1.61. The van der Waals surface area contributed by atoms with Gasteiger partial charge in [-0.1, -0.05) is 38.0 Å². The number of nitrogens with zero attached hydrogens (tertiary/aromatic N) is 2. The predicted molar refractivity (Wildman–Crippen MR) is 103 cm³/mol. The van der Waals surface area contributed by atoms with Crippen LogP contribution in [0.3, 0.4) is 0 Å². The smallest absolute Gasteiger partial charge is 0.253 e. The summed E-state index contributed by atoms with van der Waals surface area (Å²) in [4.78, 5) is 29.7. The van der Waals surface area contributed by atoms with Gasteiger partial charge in [-0.05, 0) is 37.3 Å². The van der Waals surface area contributed by atoms with Crippen molar-refractivity contribution in [2.45, 2.75) is 45.1 Å². The van der Waals surface area contributed by atoms with Crippen LogP contribution in [-0.2, 0) is 4.79 Å². The van der Waals surface area contributed by atoms with E-state index in [9.17, 15) is 9.59 Å². The maximum absolute atomic E-state index is 12.8. The minimum absolute atomic E-state index is 0.0296. The average Bonchev–Trinajstić information content (AvgIpc) is 3.21. The lowest BCUT2D eigenvalue weighted by atomic mass is 9.95. The van der Waals surface area contributed by atoms with E-state index in [0.29, 0.717) is 19.0 Å². The number of hydrogen-bond acceptors (Lipinski definition) is 3. The Labute approximate surface area is 156 Å². The number of amides is 2. The van der Waals surface area contributed by atoms with Crippen LogP contribution in [0.25, 0.3) is 0 Å². The largest absolute Gasteiger partial charge is 0.355 e. The van der Waals surface area contributed by atoms with Gasteiger partial charge in [0.15, 0.2) is 0 Å². The van der Waals surface area contributed by atoms with Gasteiger partial charge in [0.1, 0.15) is 0 Å². The first-order chi connectivity index (χ1) is 12.7. The molecule has 2 aliphatic rings. The molecule has 1 aliphatic carbocycles. The summed E-state index contributed by atoms with van der Waals surface area (Å²) >= 11 is 0. The molecule has 26 heavy (non-hydrogen) atoms. The first kappa shape index (κ1) is 18.9. The molecule has 2 amide bonds. The summed E-state index contributed by atoms with van der Waals surface area (Å²) in [5, 5.41) is 3.11. The lowest BCUT2D eigenvalue weighted by Gasteiger charge is -2.40. The standard InChI is InChI=1S/C21H31N3O2/c1-2-12-22-20(25)19(17-8-6-7-9-17)23-13-15-24(16-14-23)21(26)18-10-4-3-5-11-18/h3-5,10-11,17,19H,2,6-9,12-16H2,1H3,(H,22,25)/t19-/m1/s1. The maximum Gasteiger partial charge on any atom is 0.253 e. The molecule has 5 nitrogen and oxygen atoms in total. The zero-order chi connectivity index (χ0) is 18.4. The van der Waals surface area contributed by atoms with Gasteiger partial charge in [-0.25, -0.2) is 0 Å². The van der Waals surface area contributed by atoms with E-state index in [4.69, 9.17) is 0 Å². The van der Waals surface area contributed by atoms with Crippen molar-refractivity contribution in [1.29, 1.82) is 0 Å². The Hall–Kier alpha value is -1.88. The molecule has 0 bridgehead atoms. The highest BCUT2D eigenvalue weighted by molar-refractivity contribution is 5.94. The zero-order valence-corrected chi connectivity index (χ0v) is 15.8. The third kappa shape index (κ3) is 4.44. The van der Waals surface area contributed by atoms with Crippen molar-refractivity contribution in [3.63, 3.8) is 0 Å². The van der Waals surface area contributed by atoms with Crippen molar-refractivity contribution in [3.05, 3.63) is 35.9 Å². The van der Waals surface area contributed by atoms with Crippen LogP contribution in [0.4, 0.5) is 0 Å². The van der Waals surface area contributed by atoms with Gasteiger partial charge in [-0.15, -0.1) is 0 Å². The van der Waals surface area contributed by atoms with E-state index in [-0.39, 0.29) is 17.9 Å². The van der Waals surface area contributed by atoms with Gasteiger partial charge in [0.25, 0.3) is 5.91 Å². The molecule has 1 saturated heterocycles. The maximum atomic E-state index is 12.8. The van der Waals surface area contributed by atoms with Gasteiger partial charge in [0.05, 0.1) is 6.04 Å². The monoisotopic (exact) mass is 357 g/mol. The number of carbonyl (C=O) groups is 2. The molecule has 1 aromatic rings. The Bertz CT molecular complexity index is 591. The number of rotatable bonds is 6. The van der Waals surface area contributed by atoms with Crippen molar-refractivity contribution in [3.8, 4) is 0 Å². The van der Waals surface area contributed by atoms with Crippen molar-refractivity contribution in [2.75, 3.05) is 32.7 Å². The lowest BCUT2D eigenvalue weighted by Crippen LogP contribution is -2.58. The van der Waals surface area contributed by atoms with E-state index in [2.05, 4.69) is 17.1 Å². The third-order valence-electron chi connectivity index (χ3n) is 5.68. The Morgan fingerprint density at radius 1 is 1.08 bits per heavy atom. The van der Waals surface area contributed by atoms with Gasteiger partial charge < -0.3 is 10.2 Å².